The van der Waals surface area contributed by atoms with Crippen LogP contribution in [0, 0.1) is 6.92 Å². The van der Waals surface area contributed by atoms with Crippen molar-refractivity contribution in [3.63, 3.8) is 0 Å². The van der Waals surface area contributed by atoms with Crippen molar-refractivity contribution in [2.24, 2.45) is 0 Å². The monoisotopic (exact) mass is 443 g/mol. The van der Waals surface area contributed by atoms with Crippen molar-refractivity contribution in [2.75, 3.05) is 6.61 Å². The Labute approximate surface area is 192 Å². The number of ether oxygens (including phenoxy) is 3. The second-order valence-electron chi connectivity index (χ2n) is 7.57. The summed E-state index contributed by atoms with van der Waals surface area (Å²) in [6.07, 6.45) is 0. The van der Waals surface area contributed by atoms with Crippen molar-refractivity contribution in [3.05, 3.63) is 95.2 Å². The number of fused-ring (bicyclic) bond motifs is 1. The fourth-order valence-electron chi connectivity index (χ4n) is 3.53. The van der Waals surface area contributed by atoms with Gasteiger partial charge in [0, 0.05) is 11.5 Å². The maximum absolute atomic E-state index is 12.0. The minimum atomic E-state index is -0.551. The Morgan fingerprint density at radius 1 is 0.909 bits per heavy atom. The van der Waals surface area contributed by atoms with Gasteiger partial charge in [0.1, 0.15) is 36.0 Å². The standard InChI is InChI=1S/C27H25NO5/c1-3-31-27(30)26-18(2)13-23(15-25(26)29)32-16-19-7-6-9-22(14-19)33-17-21-12-11-20-8-4-5-10-24(20)28-21/h4-15,29H,3,16-17H2,1-2H3. The van der Waals surface area contributed by atoms with Crippen LogP contribution in [-0.2, 0) is 18.0 Å². The lowest BCUT2D eigenvalue weighted by atomic mass is 10.1. The van der Waals surface area contributed by atoms with Crippen LogP contribution in [0.1, 0.15) is 34.1 Å². The van der Waals surface area contributed by atoms with Gasteiger partial charge in [-0.3, -0.25) is 0 Å². The number of aromatic nitrogens is 1. The molecule has 0 aliphatic rings. The van der Waals surface area contributed by atoms with E-state index in [4.69, 9.17) is 14.2 Å². The summed E-state index contributed by atoms with van der Waals surface area (Å²) in [7, 11) is 0. The first-order valence-corrected chi connectivity index (χ1v) is 10.7. The summed E-state index contributed by atoms with van der Waals surface area (Å²) in [5.74, 6) is 0.459. The molecule has 0 aliphatic carbocycles. The number of hydrogen-bond acceptors (Lipinski definition) is 6. The lowest BCUT2D eigenvalue weighted by Crippen LogP contribution is -2.07. The molecule has 1 heterocycles. The topological polar surface area (TPSA) is 77.9 Å². The number of phenolic OH excluding ortho intramolecular Hbond substituents is 1. The van der Waals surface area contributed by atoms with Crippen LogP contribution in [0.5, 0.6) is 17.2 Å². The maximum Gasteiger partial charge on any atom is 0.342 e. The fraction of sp³-hybridized carbons (Fsp3) is 0.185. The molecule has 0 radical (unpaired) electrons. The molecule has 6 nitrogen and oxygen atoms in total. The minimum absolute atomic E-state index is 0.155. The van der Waals surface area contributed by atoms with E-state index >= 15 is 0 Å². The average Bonchev–Trinajstić information content (AvgIpc) is 2.81. The molecule has 33 heavy (non-hydrogen) atoms. The SMILES string of the molecule is CCOC(=O)c1c(C)cc(OCc2cccc(OCc3ccc4ccccc4n3)c2)cc1O. The zero-order valence-electron chi connectivity index (χ0n) is 18.6. The number of nitrogens with zero attached hydrogens (tertiary/aromatic N) is 1. The molecule has 0 amide bonds. The first-order chi connectivity index (χ1) is 16.0. The molecule has 0 unspecified atom stereocenters. The number of para-hydroxylation sites is 1. The number of esters is 1. The van der Waals surface area contributed by atoms with Crippen LogP contribution in [-0.4, -0.2) is 22.7 Å². The minimum Gasteiger partial charge on any atom is -0.507 e. The summed E-state index contributed by atoms with van der Waals surface area (Å²) in [6.45, 7) is 4.33. The molecule has 3 aromatic carbocycles. The number of phenols is 1. The highest BCUT2D eigenvalue weighted by molar-refractivity contribution is 5.94. The van der Waals surface area contributed by atoms with Crippen LogP contribution in [0.25, 0.3) is 10.9 Å². The van der Waals surface area contributed by atoms with Gasteiger partial charge in [0.15, 0.2) is 0 Å². The van der Waals surface area contributed by atoms with Gasteiger partial charge in [-0.15, -0.1) is 0 Å². The Morgan fingerprint density at radius 3 is 2.55 bits per heavy atom. The fourth-order valence-corrected chi connectivity index (χ4v) is 3.53. The van der Waals surface area contributed by atoms with Crippen molar-refractivity contribution >= 4 is 16.9 Å². The normalized spacial score (nSPS) is 10.7. The second-order valence-corrected chi connectivity index (χ2v) is 7.57. The number of carbonyl (C=O) groups is 1. The maximum atomic E-state index is 12.0. The predicted octanol–water partition coefficient (Wildman–Crippen LogP) is 5.58. The summed E-state index contributed by atoms with van der Waals surface area (Å²) < 4.78 is 16.8. The molecule has 0 bridgehead atoms. The van der Waals surface area contributed by atoms with Crippen LogP contribution in [0.4, 0.5) is 0 Å². The van der Waals surface area contributed by atoms with E-state index in [0.29, 0.717) is 23.7 Å². The van der Waals surface area contributed by atoms with Gasteiger partial charge in [0.25, 0.3) is 0 Å². The van der Waals surface area contributed by atoms with E-state index in [2.05, 4.69) is 4.98 Å². The lowest BCUT2D eigenvalue weighted by Gasteiger charge is -2.12. The summed E-state index contributed by atoms with van der Waals surface area (Å²) in [5.41, 5.74) is 3.44. The van der Waals surface area contributed by atoms with Crippen LogP contribution >= 0.6 is 0 Å². The Kier molecular flexibility index (Phi) is 6.74. The molecular weight excluding hydrogens is 418 g/mol. The second kappa shape index (κ2) is 10.0. The molecule has 1 aromatic heterocycles. The van der Waals surface area contributed by atoms with Gasteiger partial charge in [0.05, 0.1) is 17.8 Å². The van der Waals surface area contributed by atoms with E-state index in [1.807, 2.05) is 60.7 Å². The Morgan fingerprint density at radius 2 is 1.73 bits per heavy atom. The number of aromatic hydroxyl groups is 1. The quantitative estimate of drug-likeness (QED) is 0.358. The zero-order chi connectivity index (χ0) is 23.2. The molecule has 0 saturated heterocycles. The van der Waals surface area contributed by atoms with E-state index < -0.39 is 5.97 Å². The number of aryl methyl sites for hydroxylation is 1. The van der Waals surface area contributed by atoms with Gasteiger partial charge in [0.2, 0.25) is 0 Å². The highest BCUT2D eigenvalue weighted by Gasteiger charge is 2.17. The van der Waals surface area contributed by atoms with Gasteiger partial charge in [-0.25, -0.2) is 9.78 Å². The number of rotatable bonds is 8. The van der Waals surface area contributed by atoms with E-state index in [1.54, 1.807) is 19.9 Å². The molecule has 168 valence electrons. The molecule has 4 aromatic rings. The molecule has 0 spiro atoms. The summed E-state index contributed by atoms with van der Waals surface area (Å²) in [6, 6.07) is 22.7. The largest absolute Gasteiger partial charge is 0.507 e. The molecule has 6 heteroatoms. The highest BCUT2D eigenvalue weighted by atomic mass is 16.5. The third-order valence-corrected chi connectivity index (χ3v) is 5.11. The van der Waals surface area contributed by atoms with Crippen molar-refractivity contribution < 1.29 is 24.1 Å². The van der Waals surface area contributed by atoms with Gasteiger partial charge in [-0.1, -0.05) is 36.4 Å². The zero-order valence-corrected chi connectivity index (χ0v) is 18.6. The first-order valence-electron chi connectivity index (χ1n) is 10.7. The summed E-state index contributed by atoms with van der Waals surface area (Å²) in [5, 5.41) is 11.3. The Hall–Kier alpha value is -4.06. The first kappa shape index (κ1) is 22.1. The molecule has 0 aliphatic heterocycles. The Bertz CT molecular complexity index is 1260. The van der Waals surface area contributed by atoms with Crippen molar-refractivity contribution in [1.29, 1.82) is 0 Å². The van der Waals surface area contributed by atoms with Crippen molar-refractivity contribution in [2.45, 2.75) is 27.1 Å². The van der Waals surface area contributed by atoms with Gasteiger partial charge >= 0.3 is 5.97 Å². The number of benzene rings is 3. The lowest BCUT2D eigenvalue weighted by molar-refractivity contribution is 0.0522. The Balaban J connectivity index is 1.39. The predicted molar refractivity (Wildman–Crippen MR) is 126 cm³/mol. The van der Waals surface area contributed by atoms with E-state index in [1.165, 1.54) is 6.07 Å². The van der Waals surface area contributed by atoms with Crippen molar-refractivity contribution in [3.8, 4) is 17.2 Å². The third-order valence-electron chi connectivity index (χ3n) is 5.11. The van der Waals surface area contributed by atoms with Crippen LogP contribution in [0.2, 0.25) is 0 Å². The summed E-state index contributed by atoms with van der Waals surface area (Å²) >= 11 is 0. The van der Waals surface area contributed by atoms with E-state index in [9.17, 15) is 9.90 Å². The smallest absolute Gasteiger partial charge is 0.342 e. The number of hydrogen-bond donors (Lipinski definition) is 1. The molecule has 0 atom stereocenters. The van der Waals surface area contributed by atoms with Gasteiger partial charge < -0.3 is 19.3 Å². The molecule has 0 fully saturated rings. The number of pyridine rings is 1. The average molecular weight is 443 g/mol. The molecule has 0 saturated carbocycles. The van der Waals surface area contributed by atoms with Gasteiger partial charge in [-0.05, 0) is 55.3 Å². The van der Waals surface area contributed by atoms with Crippen LogP contribution < -0.4 is 9.47 Å². The van der Waals surface area contributed by atoms with E-state index in [-0.39, 0.29) is 24.5 Å². The molecule has 1 N–H and O–H groups in total. The third kappa shape index (κ3) is 5.41. The van der Waals surface area contributed by atoms with E-state index in [0.717, 1.165) is 22.2 Å². The van der Waals surface area contributed by atoms with Crippen LogP contribution in [0.3, 0.4) is 0 Å². The molecule has 4 rings (SSSR count). The molecular formula is C27H25NO5. The highest BCUT2D eigenvalue weighted by Crippen LogP contribution is 2.29. The summed E-state index contributed by atoms with van der Waals surface area (Å²) in [4.78, 5) is 16.6. The van der Waals surface area contributed by atoms with Crippen molar-refractivity contribution in [1.82, 2.24) is 4.98 Å². The van der Waals surface area contributed by atoms with Crippen LogP contribution in [0.15, 0.2) is 72.8 Å². The number of carbonyl (C=O) groups excluding carboxylic acids is 1. The van der Waals surface area contributed by atoms with Gasteiger partial charge in [-0.2, -0.15) is 0 Å².